The second-order valence-corrected chi connectivity index (χ2v) is 6.08. The van der Waals surface area contributed by atoms with Crippen LogP contribution in [-0.4, -0.2) is 42.0 Å². The number of hydrogen-bond acceptors (Lipinski definition) is 4. The smallest absolute Gasteiger partial charge is 0.253 e. The second-order valence-electron chi connectivity index (χ2n) is 6.08. The fraction of sp³-hybridized carbons (Fsp3) is 0.625. The number of aromatic nitrogens is 1. The van der Waals surface area contributed by atoms with E-state index in [0.29, 0.717) is 29.4 Å². The summed E-state index contributed by atoms with van der Waals surface area (Å²) in [5.74, 6) is 0.360. The van der Waals surface area contributed by atoms with Gasteiger partial charge in [0.15, 0.2) is 0 Å². The van der Waals surface area contributed by atoms with E-state index in [2.05, 4.69) is 22.1 Å². The van der Waals surface area contributed by atoms with Crippen LogP contribution in [0.1, 0.15) is 42.2 Å². The minimum absolute atomic E-state index is 0.0854. The Kier molecular flexibility index (Phi) is 5.56. The molecule has 0 saturated carbocycles. The first kappa shape index (κ1) is 15.8. The van der Waals surface area contributed by atoms with Crippen molar-refractivity contribution in [2.75, 3.05) is 31.9 Å². The van der Waals surface area contributed by atoms with E-state index < -0.39 is 0 Å². The van der Waals surface area contributed by atoms with Gasteiger partial charge in [-0.05, 0) is 44.8 Å². The number of piperidine rings is 1. The third-order valence-electron chi connectivity index (χ3n) is 3.98. The summed E-state index contributed by atoms with van der Waals surface area (Å²) in [6.45, 7) is 8.12. The van der Waals surface area contributed by atoms with Crippen molar-refractivity contribution in [1.82, 2.24) is 15.2 Å². The van der Waals surface area contributed by atoms with Crippen molar-refractivity contribution in [3.63, 3.8) is 0 Å². The number of carbonyl (C=O) groups is 1. The molecule has 1 unspecified atom stereocenters. The zero-order chi connectivity index (χ0) is 15.2. The maximum absolute atomic E-state index is 12.2. The molecule has 116 valence electrons. The second kappa shape index (κ2) is 7.41. The Morgan fingerprint density at radius 2 is 2.14 bits per heavy atom. The van der Waals surface area contributed by atoms with E-state index in [1.807, 2.05) is 6.92 Å². The SMILES string of the molecule is Cc1ncc(N)cc1C(=O)NCC(C)CN1CCCCC1. The van der Waals surface area contributed by atoms with Gasteiger partial charge in [-0.2, -0.15) is 0 Å². The summed E-state index contributed by atoms with van der Waals surface area (Å²) in [4.78, 5) is 18.8. The molecule has 21 heavy (non-hydrogen) atoms. The number of likely N-dealkylation sites (tertiary alicyclic amines) is 1. The molecule has 0 radical (unpaired) electrons. The first-order chi connectivity index (χ1) is 10.1. The van der Waals surface area contributed by atoms with Gasteiger partial charge in [0.1, 0.15) is 0 Å². The van der Waals surface area contributed by atoms with Crippen LogP contribution >= 0.6 is 0 Å². The van der Waals surface area contributed by atoms with E-state index in [9.17, 15) is 4.79 Å². The Hall–Kier alpha value is -1.62. The van der Waals surface area contributed by atoms with Crippen molar-refractivity contribution >= 4 is 11.6 Å². The van der Waals surface area contributed by atoms with Crippen LogP contribution < -0.4 is 11.1 Å². The number of amides is 1. The minimum Gasteiger partial charge on any atom is -0.397 e. The normalized spacial score (nSPS) is 17.4. The van der Waals surface area contributed by atoms with E-state index in [-0.39, 0.29) is 5.91 Å². The highest BCUT2D eigenvalue weighted by Crippen LogP contribution is 2.12. The summed E-state index contributed by atoms with van der Waals surface area (Å²) in [7, 11) is 0. The number of pyridine rings is 1. The summed E-state index contributed by atoms with van der Waals surface area (Å²) in [5.41, 5.74) is 7.50. The molecule has 1 aromatic rings. The number of aryl methyl sites for hydroxylation is 1. The lowest BCUT2D eigenvalue weighted by Crippen LogP contribution is -2.38. The maximum atomic E-state index is 12.2. The largest absolute Gasteiger partial charge is 0.397 e. The van der Waals surface area contributed by atoms with Crippen LogP contribution in [0, 0.1) is 12.8 Å². The van der Waals surface area contributed by atoms with Crippen molar-refractivity contribution in [1.29, 1.82) is 0 Å². The molecular formula is C16H26N4O. The fourth-order valence-corrected chi connectivity index (χ4v) is 2.79. The highest BCUT2D eigenvalue weighted by Gasteiger charge is 2.15. The highest BCUT2D eigenvalue weighted by molar-refractivity contribution is 5.95. The average molecular weight is 290 g/mol. The molecule has 0 bridgehead atoms. The van der Waals surface area contributed by atoms with Crippen LogP contribution in [0.25, 0.3) is 0 Å². The van der Waals surface area contributed by atoms with E-state index in [0.717, 1.165) is 6.54 Å². The van der Waals surface area contributed by atoms with Crippen molar-refractivity contribution in [2.45, 2.75) is 33.1 Å². The zero-order valence-corrected chi connectivity index (χ0v) is 13.1. The molecule has 0 aliphatic carbocycles. The summed E-state index contributed by atoms with van der Waals surface area (Å²) >= 11 is 0. The summed E-state index contributed by atoms with van der Waals surface area (Å²) in [6, 6.07) is 1.69. The number of nitrogens with two attached hydrogens (primary N) is 1. The first-order valence-electron chi connectivity index (χ1n) is 7.79. The van der Waals surface area contributed by atoms with Gasteiger partial charge >= 0.3 is 0 Å². The van der Waals surface area contributed by atoms with Gasteiger partial charge < -0.3 is 16.0 Å². The Labute approximate surface area is 126 Å². The fourth-order valence-electron chi connectivity index (χ4n) is 2.79. The molecule has 1 amide bonds. The molecule has 1 aliphatic heterocycles. The van der Waals surface area contributed by atoms with E-state index in [1.165, 1.54) is 32.4 Å². The van der Waals surface area contributed by atoms with Gasteiger partial charge in [-0.3, -0.25) is 9.78 Å². The van der Waals surface area contributed by atoms with E-state index >= 15 is 0 Å². The van der Waals surface area contributed by atoms with Gasteiger partial charge in [0, 0.05) is 13.1 Å². The predicted molar refractivity (Wildman–Crippen MR) is 85.2 cm³/mol. The number of carbonyl (C=O) groups excluding carboxylic acids is 1. The van der Waals surface area contributed by atoms with Gasteiger partial charge in [-0.15, -0.1) is 0 Å². The Morgan fingerprint density at radius 3 is 2.86 bits per heavy atom. The molecule has 5 heteroatoms. The topological polar surface area (TPSA) is 71.2 Å². The molecule has 1 atom stereocenters. The van der Waals surface area contributed by atoms with Crippen LogP contribution in [-0.2, 0) is 0 Å². The van der Waals surface area contributed by atoms with Crippen molar-refractivity contribution < 1.29 is 4.79 Å². The zero-order valence-electron chi connectivity index (χ0n) is 13.1. The van der Waals surface area contributed by atoms with Crippen LogP contribution in [0.3, 0.4) is 0 Å². The lowest BCUT2D eigenvalue weighted by Gasteiger charge is -2.29. The molecule has 2 heterocycles. The summed E-state index contributed by atoms with van der Waals surface area (Å²) < 4.78 is 0. The van der Waals surface area contributed by atoms with Gasteiger partial charge in [-0.25, -0.2) is 0 Å². The maximum Gasteiger partial charge on any atom is 0.253 e. The van der Waals surface area contributed by atoms with Crippen molar-refractivity contribution in [3.05, 3.63) is 23.5 Å². The summed E-state index contributed by atoms with van der Waals surface area (Å²) in [6.07, 6.45) is 5.52. The van der Waals surface area contributed by atoms with E-state index in [4.69, 9.17) is 5.73 Å². The van der Waals surface area contributed by atoms with Crippen molar-refractivity contribution in [2.24, 2.45) is 5.92 Å². The number of rotatable bonds is 5. The molecule has 0 spiro atoms. The molecule has 5 nitrogen and oxygen atoms in total. The third-order valence-corrected chi connectivity index (χ3v) is 3.98. The van der Waals surface area contributed by atoms with Crippen LogP contribution in [0.4, 0.5) is 5.69 Å². The van der Waals surface area contributed by atoms with Gasteiger partial charge in [0.05, 0.1) is 23.1 Å². The third kappa shape index (κ3) is 4.70. The number of nitrogen functional groups attached to an aromatic ring is 1. The Bertz CT molecular complexity index is 483. The van der Waals surface area contributed by atoms with Gasteiger partial charge in [0.25, 0.3) is 5.91 Å². The molecule has 1 aromatic heterocycles. The number of hydrogen-bond donors (Lipinski definition) is 2. The van der Waals surface area contributed by atoms with Crippen LogP contribution in [0.5, 0.6) is 0 Å². The first-order valence-corrected chi connectivity index (χ1v) is 7.79. The monoisotopic (exact) mass is 290 g/mol. The quantitative estimate of drug-likeness (QED) is 0.868. The minimum atomic E-state index is -0.0854. The van der Waals surface area contributed by atoms with E-state index in [1.54, 1.807) is 12.3 Å². The average Bonchev–Trinajstić information content (AvgIpc) is 2.48. The molecular weight excluding hydrogens is 264 g/mol. The highest BCUT2D eigenvalue weighted by atomic mass is 16.1. The number of nitrogens with zero attached hydrogens (tertiary/aromatic N) is 2. The molecule has 1 fully saturated rings. The van der Waals surface area contributed by atoms with Crippen molar-refractivity contribution in [3.8, 4) is 0 Å². The Balaban J connectivity index is 1.81. The molecule has 2 rings (SSSR count). The van der Waals surface area contributed by atoms with Gasteiger partial charge in [-0.1, -0.05) is 13.3 Å². The molecule has 0 aromatic carbocycles. The number of nitrogens with one attached hydrogen (secondary N) is 1. The summed E-state index contributed by atoms with van der Waals surface area (Å²) in [5, 5.41) is 3.00. The lowest BCUT2D eigenvalue weighted by molar-refractivity contribution is 0.0941. The lowest BCUT2D eigenvalue weighted by atomic mass is 10.1. The van der Waals surface area contributed by atoms with Crippen LogP contribution in [0.2, 0.25) is 0 Å². The molecule has 1 saturated heterocycles. The van der Waals surface area contributed by atoms with Crippen LogP contribution in [0.15, 0.2) is 12.3 Å². The predicted octanol–water partition coefficient (Wildman–Crippen LogP) is 1.82. The molecule has 1 aliphatic rings. The Morgan fingerprint density at radius 1 is 1.43 bits per heavy atom. The van der Waals surface area contributed by atoms with Gasteiger partial charge in [0.2, 0.25) is 0 Å². The molecule has 3 N–H and O–H groups in total. The number of anilines is 1. The standard InChI is InChI=1S/C16H26N4O/c1-12(11-20-6-4-3-5-7-20)9-19-16(21)15-8-14(17)10-18-13(15)2/h8,10,12H,3-7,9,11,17H2,1-2H3,(H,19,21).